The summed E-state index contributed by atoms with van der Waals surface area (Å²) in [5, 5.41) is 4.79. The van der Waals surface area contributed by atoms with Gasteiger partial charge in [0.05, 0.1) is 0 Å². The van der Waals surface area contributed by atoms with Crippen molar-refractivity contribution in [2.45, 2.75) is 12.5 Å². The lowest BCUT2D eigenvalue weighted by molar-refractivity contribution is 0.385. The Morgan fingerprint density at radius 1 is 1.21 bits per heavy atom. The lowest BCUT2D eigenvalue weighted by Crippen LogP contribution is -2.34. The number of halogens is 1. The second kappa shape index (κ2) is 3.64. The first-order valence-corrected chi connectivity index (χ1v) is 4.74. The molecule has 0 spiro atoms. The molecular formula is C11H13ClN2. The molecule has 1 saturated heterocycles. The van der Waals surface area contributed by atoms with E-state index in [9.17, 15) is 0 Å². The van der Waals surface area contributed by atoms with Crippen molar-refractivity contribution in [3.05, 3.63) is 36.0 Å². The van der Waals surface area contributed by atoms with Crippen molar-refractivity contribution in [1.82, 2.24) is 10.3 Å². The van der Waals surface area contributed by atoms with E-state index in [0.29, 0.717) is 6.04 Å². The summed E-state index contributed by atoms with van der Waals surface area (Å²) in [6.45, 7) is 1.16. The molecular weight excluding hydrogens is 196 g/mol. The van der Waals surface area contributed by atoms with Gasteiger partial charge in [0.1, 0.15) is 0 Å². The average Bonchev–Trinajstić information content (AvgIpc) is 2.49. The Bertz CT molecular complexity index is 432. The van der Waals surface area contributed by atoms with E-state index in [1.165, 1.54) is 22.9 Å². The molecule has 1 aliphatic heterocycles. The summed E-state index contributed by atoms with van der Waals surface area (Å²) < 4.78 is 0. The zero-order valence-corrected chi connectivity index (χ0v) is 8.60. The lowest BCUT2D eigenvalue weighted by Gasteiger charge is -2.28. The molecule has 0 unspecified atom stereocenters. The lowest BCUT2D eigenvalue weighted by atomic mass is 9.95. The van der Waals surface area contributed by atoms with Crippen LogP contribution in [0.25, 0.3) is 10.9 Å². The minimum atomic E-state index is 0. The predicted octanol–water partition coefficient (Wildman–Crippen LogP) is 2.62. The summed E-state index contributed by atoms with van der Waals surface area (Å²) in [5.41, 5.74) is 2.68. The Morgan fingerprint density at radius 3 is 2.79 bits per heavy atom. The van der Waals surface area contributed by atoms with Gasteiger partial charge in [0.25, 0.3) is 0 Å². The van der Waals surface area contributed by atoms with E-state index in [-0.39, 0.29) is 12.4 Å². The van der Waals surface area contributed by atoms with Gasteiger partial charge < -0.3 is 10.3 Å². The second-order valence-electron chi connectivity index (χ2n) is 3.58. The number of aromatic nitrogens is 1. The molecule has 1 atom stereocenters. The molecule has 1 aromatic heterocycles. The van der Waals surface area contributed by atoms with Crippen molar-refractivity contribution < 1.29 is 0 Å². The second-order valence-corrected chi connectivity index (χ2v) is 3.58. The predicted molar refractivity (Wildman–Crippen MR) is 60.9 cm³/mol. The van der Waals surface area contributed by atoms with Crippen molar-refractivity contribution >= 4 is 23.3 Å². The Kier molecular flexibility index (Phi) is 2.48. The van der Waals surface area contributed by atoms with E-state index in [4.69, 9.17) is 0 Å². The number of hydrogen-bond donors (Lipinski definition) is 2. The van der Waals surface area contributed by atoms with Crippen molar-refractivity contribution in [2.75, 3.05) is 6.54 Å². The van der Waals surface area contributed by atoms with Crippen LogP contribution in [-0.2, 0) is 0 Å². The third kappa shape index (κ3) is 1.31. The summed E-state index contributed by atoms with van der Waals surface area (Å²) in [5.74, 6) is 0. The molecule has 74 valence electrons. The van der Waals surface area contributed by atoms with Crippen LogP contribution in [-0.4, -0.2) is 11.5 Å². The van der Waals surface area contributed by atoms with E-state index < -0.39 is 0 Å². The van der Waals surface area contributed by atoms with Gasteiger partial charge in [0, 0.05) is 23.1 Å². The molecule has 1 aromatic carbocycles. The van der Waals surface area contributed by atoms with Crippen molar-refractivity contribution in [2.24, 2.45) is 0 Å². The van der Waals surface area contributed by atoms with E-state index in [1.54, 1.807) is 0 Å². The van der Waals surface area contributed by atoms with Gasteiger partial charge in [-0.2, -0.15) is 0 Å². The Balaban J connectivity index is 0.000000750. The molecule has 0 bridgehead atoms. The van der Waals surface area contributed by atoms with Crippen LogP contribution in [0.4, 0.5) is 0 Å². The first kappa shape index (κ1) is 9.56. The van der Waals surface area contributed by atoms with Crippen LogP contribution in [0, 0.1) is 0 Å². The van der Waals surface area contributed by atoms with E-state index >= 15 is 0 Å². The Morgan fingerprint density at radius 2 is 2.07 bits per heavy atom. The first-order chi connectivity index (χ1) is 6.45. The highest BCUT2D eigenvalue weighted by Crippen LogP contribution is 2.28. The van der Waals surface area contributed by atoms with Crippen LogP contribution < -0.4 is 5.32 Å². The van der Waals surface area contributed by atoms with Gasteiger partial charge in [-0.25, -0.2) is 0 Å². The SMILES string of the molecule is Cl.c1cc([C@H]2CCN2)c2cc[nH]c2c1. The quantitative estimate of drug-likeness (QED) is 0.741. The largest absolute Gasteiger partial charge is 0.361 e. The maximum atomic E-state index is 3.43. The van der Waals surface area contributed by atoms with Crippen LogP contribution in [0.2, 0.25) is 0 Å². The van der Waals surface area contributed by atoms with Gasteiger partial charge in [-0.15, -0.1) is 12.4 Å². The molecule has 1 fully saturated rings. The molecule has 14 heavy (non-hydrogen) atoms. The fourth-order valence-corrected chi connectivity index (χ4v) is 1.97. The standard InChI is InChI=1S/C11H12N2.ClH/c1-2-8(11-5-7-13-11)9-4-6-12-10(9)3-1;/h1-4,6,11-13H,5,7H2;1H/t11-;/m1./s1. The smallest absolute Gasteiger partial charge is 0.0457 e. The number of nitrogens with one attached hydrogen (secondary N) is 2. The molecule has 3 heteroatoms. The molecule has 2 nitrogen and oxygen atoms in total. The first-order valence-electron chi connectivity index (χ1n) is 4.74. The fourth-order valence-electron chi connectivity index (χ4n) is 1.97. The molecule has 2 heterocycles. The summed E-state index contributed by atoms with van der Waals surface area (Å²) in [6, 6.07) is 9.20. The molecule has 3 rings (SSSR count). The van der Waals surface area contributed by atoms with Gasteiger partial charge in [0.2, 0.25) is 0 Å². The van der Waals surface area contributed by atoms with Gasteiger partial charge in [-0.1, -0.05) is 12.1 Å². The zero-order valence-electron chi connectivity index (χ0n) is 7.79. The van der Waals surface area contributed by atoms with E-state index in [1.807, 2.05) is 6.20 Å². The van der Waals surface area contributed by atoms with Gasteiger partial charge >= 0.3 is 0 Å². The fraction of sp³-hybridized carbons (Fsp3) is 0.273. The van der Waals surface area contributed by atoms with Gasteiger partial charge in [-0.3, -0.25) is 0 Å². The van der Waals surface area contributed by atoms with Crippen LogP contribution in [0.1, 0.15) is 18.0 Å². The number of hydrogen-bond acceptors (Lipinski definition) is 1. The average molecular weight is 209 g/mol. The molecule has 2 aromatic rings. The van der Waals surface area contributed by atoms with Gasteiger partial charge in [-0.05, 0) is 30.7 Å². The molecule has 0 amide bonds. The van der Waals surface area contributed by atoms with Crippen LogP contribution in [0.3, 0.4) is 0 Å². The highest BCUT2D eigenvalue weighted by Gasteiger charge is 2.20. The molecule has 1 aliphatic rings. The normalized spacial score (nSPS) is 20.1. The highest BCUT2D eigenvalue weighted by atomic mass is 35.5. The monoisotopic (exact) mass is 208 g/mol. The zero-order chi connectivity index (χ0) is 8.67. The van der Waals surface area contributed by atoms with Crippen molar-refractivity contribution in [3.63, 3.8) is 0 Å². The third-order valence-corrected chi connectivity index (χ3v) is 2.83. The van der Waals surface area contributed by atoms with E-state index in [0.717, 1.165) is 6.54 Å². The van der Waals surface area contributed by atoms with Crippen LogP contribution >= 0.6 is 12.4 Å². The Labute approximate surface area is 89.1 Å². The number of aromatic amines is 1. The van der Waals surface area contributed by atoms with Crippen molar-refractivity contribution in [3.8, 4) is 0 Å². The number of rotatable bonds is 1. The van der Waals surface area contributed by atoms with Gasteiger partial charge in [0.15, 0.2) is 0 Å². The number of fused-ring (bicyclic) bond motifs is 1. The molecule has 0 saturated carbocycles. The maximum Gasteiger partial charge on any atom is 0.0457 e. The topological polar surface area (TPSA) is 27.8 Å². The summed E-state index contributed by atoms with van der Waals surface area (Å²) in [7, 11) is 0. The minimum Gasteiger partial charge on any atom is -0.361 e. The van der Waals surface area contributed by atoms with Crippen LogP contribution in [0.5, 0.6) is 0 Å². The molecule has 2 N–H and O–H groups in total. The van der Waals surface area contributed by atoms with Crippen LogP contribution in [0.15, 0.2) is 30.5 Å². The van der Waals surface area contributed by atoms with Crippen molar-refractivity contribution in [1.29, 1.82) is 0 Å². The summed E-state index contributed by atoms with van der Waals surface area (Å²) >= 11 is 0. The van der Waals surface area contributed by atoms with E-state index in [2.05, 4.69) is 34.6 Å². The minimum absolute atomic E-state index is 0. The highest BCUT2D eigenvalue weighted by molar-refractivity contribution is 5.85. The molecule has 0 radical (unpaired) electrons. The summed E-state index contributed by atoms with van der Waals surface area (Å²) in [4.78, 5) is 3.24. The number of H-pyrrole nitrogens is 1. The maximum absolute atomic E-state index is 3.43. The third-order valence-electron chi connectivity index (χ3n) is 2.83. The Hall–Kier alpha value is -0.990. The summed E-state index contributed by atoms with van der Waals surface area (Å²) in [6.07, 6.45) is 3.27. The number of benzene rings is 1. The molecule has 0 aliphatic carbocycles.